The van der Waals surface area contributed by atoms with Crippen LogP contribution in [0.5, 0.6) is 0 Å². The number of nitrogens with two attached hydrogens (primary N) is 1. The van der Waals surface area contributed by atoms with E-state index in [2.05, 4.69) is 5.32 Å². The molecule has 0 aliphatic heterocycles. The van der Waals surface area contributed by atoms with E-state index in [1.165, 1.54) is 12.1 Å². The van der Waals surface area contributed by atoms with Crippen molar-refractivity contribution in [1.29, 1.82) is 0 Å². The maximum Gasteiger partial charge on any atom is 0.408 e. The van der Waals surface area contributed by atoms with Gasteiger partial charge in [0.15, 0.2) is 0 Å². The Morgan fingerprint density at radius 1 is 1.12 bits per heavy atom. The quantitative estimate of drug-likeness (QED) is 0.572. The highest BCUT2D eigenvalue weighted by molar-refractivity contribution is 7.85. The molecule has 130 valence electrons. The number of benzene rings is 2. The Morgan fingerprint density at radius 3 is 2.21 bits per heavy atom. The Bertz CT molecular complexity index is 731. The molecule has 0 radical (unpaired) electrons. The van der Waals surface area contributed by atoms with Crippen LogP contribution < -0.4 is 11.1 Å². The van der Waals surface area contributed by atoms with Crippen molar-refractivity contribution in [3.8, 4) is 0 Å². The molecule has 0 bridgehead atoms. The van der Waals surface area contributed by atoms with Crippen molar-refractivity contribution in [2.24, 2.45) is 5.73 Å². The SMILES string of the molecule is Cc1ccc(S(=O)(=O)O)cc1.NCNC(=O)OCc1ccccc1. The molecule has 7 nitrogen and oxygen atoms in total. The third-order valence-corrected chi connectivity index (χ3v) is 3.65. The Kier molecular flexibility index (Phi) is 7.90. The summed E-state index contributed by atoms with van der Waals surface area (Å²) in [5, 5.41) is 2.33. The summed E-state index contributed by atoms with van der Waals surface area (Å²) in [4.78, 5) is 10.7. The molecule has 8 heteroatoms. The molecular formula is C16H20N2O5S. The number of hydrogen-bond donors (Lipinski definition) is 3. The largest absolute Gasteiger partial charge is 0.445 e. The van der Waals surface area contributed by atoms with Gasteiger partial charge in [-0.05, 0) is 24.6 Å². The summed E-state index contributed by atoms with van der Waals surface area (Å²) >= 11 is 0. The topological polar surface area (TPSA) is 119 Å². The highest BCUT2D eigenvalue weighted by Gasteiger charge is 2.06. The van der Waals surface area contributed by atoms with Crippen LogP contribution in [0, 0.1) is 6.92 Å². The second-order valence-electron chi connectivity index (χ2n) is 4.73. The normalized spacial score (nSPS) is 10.3. The van der Waals surface area contributed by atoms with E-state index in [0.29, 0.717) is 0 Å². The Morgan fingerprint density at radius 2 is 1.71 bits per heavy atom. The molecule has 4 N–H and O–H groups in total. The summed E-state index contributed by atoms with van der Waals surface area (Å²) in [6.07, 6.45) is -0.494. The van der Waals surface area contributed by atoms with E-state index in [1.54, 1.807) is 12.1 Å². The minimum Gasteiger partial charge on any atom is -0.445 e. The first-order chi connectivity index (χ1) is 11.3. The number of hydrogen-bond acceptors (Lipinski definition) is 5. The minimum atomic E-state index is -4.02. The van der Waals surface area contributed by atoms with Crippen molar-refractivity contribution in [1.82, 2.24) is 5.32 Å². The van der Waals surface area contributed by atoms with Crippen LogP contribution in [-0.4, -0.2) is 25.7 Å². The van der Waals surface area contributed by atoms with E-state index in [0.717, 1.165) is 11.1 Å². The molecule has 2 rings (SSSR count). The zero-order chi connectivity index (χ0) is 18.0. The first-order valence-electron chi connectivity index (χ1n) is 7.01. The van der Waals surface area contributed by atoms with E-state index >= 15 is 0 Å². The van der Waals surface area contributed by atoms with E-state index in [9.17, 15) is 13.2 Å². The Labute approximate surface area is 141 Å². The maximum atomic E-state index is 10.8. The fraction of sp³-hybridized carbons (Fsp3) is 0.188. The van der Waals surface area contributed by atoms with Crippen molar-refractivity contribution in [3.63, 3.8) is 0 Å². The van der Waals surface area contributed by atoms with Crippen LogP contribution in [0.15, 0.2) is 59.5 Å². The maximum absolute atomic E-state index is 10.8. The summed E-state index contributed by atoms with van der Waals surface area (Å²) in [5.74, 6) is 0. The van der Waals surface area contributed by atoms with Gasteiger partial charge in [0.2, 0.25) is 0 Å². The Balaban J connectivity index is 0.000000243. The molecule has 0 unspecified atom stereocenters. The highest BCUT2D eigenvalue weighted by atomic mass is 32.2. The summed E-state index contributed by atoms with van der Waals surface area (Å²) in [7, 11) is -4.02. The van der Waals surface area contributed by atoms with Gasteiger partial charge < -0.3 is 15.8 Å². The number of ether oxygens (including phenoxy) is 1. The molecule has 1 amide bonds. The number of carbonyl (C=O) groups excluding carboxylic acids is 1. The molecule has 0 aromatic heterocycles. The van der Waals surface area contributed by atoms with E-state index in [-0.39, 0.29) is 18.2 Å². The third kappa shape index (κ3) is 7.73. The minimum absolute atomic E-state index is 0.0666. The van der Waals surface area contributed by atoms with Crippen LogP contribution in [0.3, 0.4) is 0 Å². The molecule has 2 aromatic carbocycles. The van der Waals surface area contributed by atoms with Gasteiger partial charge in [-0.3, -0.25) is 4.55 Å². The lowest BCUT2D eigenvalue weighted by atomic mass is 10.2. The molecule has 0 atom stereocenters. The van der Waals surface area contributed by atoms with Gasteiger partial charge in [0.05, 0.1) is 11.6 Å². The number of amides is 1. The number of rotatable bonds is 4. The average Bonchev–Trinajstić information content (AvgIpc) is 2.54. The van der Waals surface area contributed by atoms with Crippen LogP contribution in [0.25, 0.3) is 0 Å². The van der Waals surface area contributed by atoms with E-state index in [4.69, 9.17) is 15.0 Å². The predicted octanol–water partition coefficient (Wildman–Crippen LogP) is 2.07. The van der Waals surface area contributed by atoms with Gasteiger partial charge in [0.1, 0.15) is 6.61 Å². The van der Waals surface area contributed by atoms with Crippen LogP contribution in [0.1, 0.15) is 11.1 Å². The average molecular weight is 352 g/mol. The van der Waals surface area contributed by atoms with Crippen LogP contribution in [-0.2, 0) is 21.5 Å². The molecule has 2 aromatic rings. The Hall–Kier alpha value is -2.42. The van der Waals surface area contributed by atoms with Gasteiger partial charge in [-0.2, -0.15) is 8.42 Å². The van der Waals surface area contributed by atoms with Crippen LogP contribution >= 0.6 is 0 Å². The summed E-state index contributed by atoms with van der Waals surface area (Å²) < 4.78 is 34.4. The van der Waals surface area contributed by atoms with Crippen LogP contribution in [0.4, 0.5) is 4.79 Å². The predicted molar refractivity (Wildman–Crippen MR) is 89.8 cm³/mol. The van der Waals surface area contributed by atoms with Gasteiger partial charge in [-0.1, -0.05) is 48.0 Å². The molecule has 0 heterocycles. The fourth-order valence-corrected chi connectivity index (χ4v) is 2.05. The number of nitrogens with one attached hydrogen (secondary N) is 1. The molecule has 0 aliphatic carbocycles. The molecule has 24 heavy (non-hydrogen) atoms. The number of carbonyl (C=O) groups is 1. The lowest BCUT2D eigenvalue weighted by Gasteiger charge is -2.04. The molecule has 0 fully saturated rings. The highest BCUT2D eigenvalue weighted by Crippen LogP contribution is 2.08. The van der Waals surface area contributed by atoms with Crippen molar-refractivity contribution in [2.75, 3.05) is 6.67 Å². The number of aryl methyl sites for hydroxylation is 1. The molecule has 0 aliphatic rings. The summed E-state index contributed by atoms with van der Waals surface area (Å²) in [5.41, 5.74) is 7.00. The van der Waals surface area contributed by atoms with Gasteiger partial charge in [-0.25, -0.2) is 4.79 Å². The zero-order valence-corrected chi connectivity index (χ0v) is 14.0. The van der Waals surface area contributed by atoms with Crippen molar-refractivity contribution in [2.45, 2.75) is 18.4 Å². The smallest absolute Gasteiger partial charge is 0.408 e. The first kappa shape index (κ1) is 19.6. The summed E-state index contributed by atoms with van der Waals surface area (Å²) in [6.45, 7) is 2.20. The van der Waals surface area contributed by atoms with Crippen molar-refractivity contribution in [3.05, 3.63) is 65.7 Å². The monoisotopic (exact) mass is 352 g/mol. The number of alkyl carbamates (subject to hydrolysis) is 1. The third-order valence-electron chi connectivity index (χ3n) is 2.78. The van der Waals surface area contributed by atoms with Gasteiger partial charge in [0, 0.05) is 0 Å². The van der Waals surface area contributed by atoms with Gasteiger partial charge >= 0.3 is 6.09 Å². The van der Waals surface area contributed by atoms with E-state index in [1.807, 2.05) is 37.3 Å². The van der Waals surface area contributed by atoms with Crippen molar-refractivity contribution >= 4 is 16.2 Å². The molecule has 0 saturated carbocycles. The molecular weight excluding hydrogens is 332 g/mol. The van der Waals surface area contributed by atoms with Gasteiger partial charge in [0.25, 0.3) is 10.1 Å². The lowest BCUT2D eigenvalue weighted by molar-refractivity contribution is 0.140. The standard InChI is InChI=1S/C9H12N2O2.C7H8O3S/c10-7-11-9(12)13-6-8-4-2-1-3-5-8;1-6-2-4-7(5-3-6)11(8,9)10/h1-5H,6-7,10H2,(H,11,12);2-5H,1H3,(H,8,9,10). The van der Waals surface area contributed by atoms with Gasteiger partial charge in [-0.15, -0.1) is 0 Å². The lowest BCUT2D eigenvalue weighted by Crippen LogP contribution is -2.29. The van der Waals surface area contributed by atoms with E-state index < -0.39 is 16.2 Å². The zero-order valence-electron chi connectivity index (χ0n) is 13.2. The summed E-state index contributed by atoms with van der Waals surface area (Å²) in [6, 6.07) is 15.4. The van der Waals surface area contributed by atoms with Crippen molar-refractivity contribution < 1.29 is 22.5 Å². The molecule has 0 saturated heterocycles. The molecule has 0 spiro atoms. The first-order valence-corrected chi connectivity index (χ1v) is 8.45. The fourth-order valence-electron chi connectivity index (χ4n) is 1.57. The van der Waals surface area contributed by atoms with Crippen LogP contribution in [0.2, 0.25) is 0 Å². The second-order valence-corrected chi connectivity index (χ2v) is 6.15. The second kappa shape index (κ2) is 9.66.